The molecule has 0 saturated heterocycles. The summed E-state index contributed by atoms with van der Waals surface area (Å²) in [4.78, 5) is 13.3. The summed E-state index contributed by atoms with van der Waals surface area (Å²) in [5, 5.41) is 1.09. The van der Waals surface area contributed by atoms with Crippen molar-refractivity contribution in [2.24, 2.45) is 9.98 Å². The molecule has 0 spiro atoms. The molecule has 2 heterocycles. The van der Waals surface area contributed by atoms with Crippen LogP contribution >= 0.6 is 11.8 Å². The molecule has 3 rings (SSSR count). The smallest absolute Gasteiger partial charge is 0.170 e. The van der Waals surface area contributed by atoms with Gasteiger partial charge in [0.05, 0.1) is 5.54 Å². The lowest BCUT2D eigenvalue weighted by atomic mass is 10.1. The first-order valence-corrected chi connectivity index (χ1v) is 8.05. The lowest BCUT2D eigenvalue weighted by molar-refractivity contribution is 0.546. The monoisotopic (exact) mass is 287 g/mol. The minimum Gasteiger partial charge on any atom is -0.305 e. The lowest BCUT2D eigenvalue weighted by Gasteiger charge is -2.33. The highest BCUT2D eigenvalue weighted by atomic mass is 32.2. The van der Waals surface area contributed by atoms with Crippen LogP contribution in [0.3, 0.4) is 0 Å². The first-order valence-electron chi connectivity index (χ1n) is 7.24. The van der Waals surface area contributed by atoms with E-state index in [4.69, 9.17) is 9.98 Å². The van der Waals surface area contributed by atoms with E-state index < -0.39 is 0 Å². The Morgan fingerprint density at radius 1 is 1.20 bits per heavy atom. The van der Waals surface area contributed by atoms with Crippen molar-refractivity contribution in [2.75, 3.05) is 13.1 Å². The second kappa shape index (κ2) is 5.24. The third-order valence-corrected chi connectivity index (χ3v) is 4.37. The molecule has 0 bridgehead atoms. The van der Waals surface area contributed by atoms with Crippen LogP contribution in [0.2, 0.25) is 0 Å². The molecular formula is C16H21N3S. The second-order valence-electron chi connectivity index (χ2n) is 6.23. The van der Waals surface area contributed by atoms with Crippen molar-refractivity contribution in [3.63, 3.8) is 0 Å². The van der Waals surface area contributed by atoms with E-state index >= 15 is 0 Å². The van der Waals surface area contributed by atoms with Crippen molar-refractivity contribution < 1.29 is 0 Å². The van der Waals surface area contributed by atoms with Gasteiger partial charge in [0.2, 0.25) is 0 Å². The Balaban J connectivity index is 2.11. The van der Waals surface area contributed by atoms with Gasteiger partial charge in [-0.25, -0.2) is 0 Å². The van der Waals surface area contributed by atoms with Crippen molar-refractivity contribution >= 4 is 22.8 Å². The molecule has 3 nitrogen and oxygen atoms in total. The largest absolute Gasteiger partial charge is 0.305 e. The maximum Gasteiger partial charge on any atom is 0.170 e. The van der Waals surface area contributed by atoms with E-state index in [0.717, 1.165) is 30.5 Å². The highest BCUT2D eigenvalue weighted by Crippen LogP contribution is 2.34. The Morgan fingerprint density at radius 3 is 2.80 bits per heavy atom. The maximum atomic E-state index is 4.92. The topological polar surface area (TPSA) is 28.0 Å². The molecule has 0 amide bonds. The maximum absolute atomic E-state index is 4.92. The zero-order valence-corrected chi connectivity index (χ0v) is 13.2. The molecule has 1 aromatic rings. The van der Waals surface area contributed by atoms with Gasteiger partial charge in [-0.05, 0) is 39.7 Å². The standard InChI is InChI=1S/C16H21N3S/c1-16(2,3)18-15-19-11-7-6-10-17-14(19)12-8-4-5-9-13(12)20-15/h4-5,8-9H,6-7,10-11H2,1-3H3. The fourth-order valence-corrected chi connectivity index (χ4v) is 3.66. The van der Waals surface area contributed by atoms with Crippen LogP contribution < -0.4 is 0 Å². The van der Waals surface area contributed by atoms with Gasteiger partial charge < -0.3 is 4.90 Å². The van der Waals surface area contributed by atoms with Crippen molar-refractivity contribution in [1.82, 2.24) is 4.90 Å². The summed E-state index contributed by atoms with van der Waals surface area (Å²) < 4.78 is 0. The van der Waals surface area contributed by atoms with Gasteiger partial charge in [0.15, 0.2) is 5.17 Å². The van der Waals surface area contributed by atoms with Crippen molar-refractivity contribution in [3.05, 3.63) is 29.8 Å². The van der Waals surface area contributed by atoms with Crippen LogP contribution in [-0.4, -0.2) is 34.5 Å². The molecule has 2 aliphatic heterocycles. The molecule has 0 unspecified atom stereocenters. The predicted molar refractivity (Wildman–Crippen MR) is 86.8 cm³/mol. The van der Waals surface area contributed by atoms with Crippen LogP contribution in [0.15, 0.2) is 39.1 Å². The molecular weight excluding hydrogens is 266 g/mol. The number of amidine groups is 2. The molecule has 1 aromatic carbocycles. The summed E-state index contributed by atoms with van der Waals surface area (Å²) in [6, 6.07) is 8.53. The van der Waals surface area contributed by atoms with Crippen LogP contribution in [0, 0.1) is 0 Å². The van der Waals surface area contributed by atoms with Crippen molar-refractivity contribution in [1.29, 1.82) is 0 Å². The summed E-state index contributed by atoms with van der Waals surface area (Å²) in [6.07, 6.45) is 2.34. The fourth-order valence-electron chi connectivity index (χ4n) is 2.44. The quantitative estimate of drug-likeness (QED) is 0.726. The first kappa shape index (κ1) is 13.7. The molecule has 2 aliphatic rings. The summed E-state index contributed by atoms with van der Waals surface area (Å²) >= 11 is 1.77. The van der Waals surface area contributed by atoms with E-state index in [0.29, 0.717) is 0 Å². The van der Waals surface area contributed by atoms with Gasteiger partial charge >= 0.3 is 0 Å². The van der Waals surface area contributed by atoms with Crippen molar-refractivity contribution in [3.8, 4) is 0 Å². The summed E-state index contributed by atoms with van der Waals surface area (Å²) in [5.74, 6) is 1.11. The summed E-state index contributed by atoms with van der Waals surface area (Å²) in [7, 11) is 0. The Morgan fingerprint density at radius 2 is 2.00 bits per heavy atom. The van der Waals surface area contributed by atoms with E-state index in [1.165, 1.54) is 16.9 Å². The Labute approximate surface area is 125 Å². The molecule has 0 radical (unpaired) electrons. The van der Waals surface area contributed by atoms with Gasteiger partial charge in [0.25, 0.3) is 0 Å². The van der Waals surface area contributed by atoms with Gasteiger partial charge in [-0.3, -0.25) is 9.98 Å². The molecule has 4 heteroatoms. The minimum atomic E-state index is -0.0635. The van der Waals surface area contributed by atoms with Crippen LogP contribution in [0.5, 0.6) is 0 Å². The number of thioether (sulfide) groups is 1. The molecule has 0 atom stereocenters. The number of rotatable bonds is 0. The average molecular weight is 287 g/mol. The highest BCUT2D eigenvalue weighted by molar-refractivity contribution is 8.14. The number of benzene rings is 1. The van der Waals surface area contributed by atoms with Gasteiger partial charge in [0.1, 0.15) is 5.84 Å². The van der Waals surface area contributed by atoms with E-state index in [9.17, 15) is 0 Å². The highest BCUT2D eigenvalue weighted by Gasteiger charge is 2.30. The van der Waals surface area contributed by atoms with Gasteiger partial charge in [-0.15, -0.1) is 0 Å². The number of hydrogen-bond acceptors (Lipinski definition) is 3. The second-order valence-corrected chi connectivity index (χ2v) is 7.24. The average Bonchev–Trinajstić information content (AvgIpc) is 2.63. The molecule has 0 aromatic heterocycles. The summed E-state index contributed by atoms with van der Waals surface area (Å²) in [6.45, 7) is 8.39. The lowest BCUT2D eigenvalue weighted by Crippen LogP contribution is -2.40. The third-order valence-electron chi connectivity index (χ3n) is 3.30. The van der Waals surface area contributed by atoms with E-state index in [1.807, 2.05) is 0 Å². The third kappa shape index (κ3) is 2.75. The minimum absolute atomic E-state index is 0.0635. The Hall–Kier alpha value is -1.29. The van der Waals surface area contributed by atoms with Crippen molar-refractivity contribution in [2.45, 2.75) is 44.0 Å². The van der Waals surface area contributed by atoms with Crippen LogP contribution in [0.1, 0.15) is 39.2 Å². The predicted octanol–water partition coefficient (Wildman–Crippen LogP) is 3.79. The number of fused-ring (bicyclic) bond motifs is 3. The Bertz CT molecular complexity index is 569. The SMILES string of the molecule is CC(C)(C)N=C1Sc2ccccc2C2=NCCCCN12. The zero-order chi connectivity index (χ0) is 14.2. The molecule has 0 fully saturated rings. The van der Waals surface area contributed by atoms with Gasteiger partial charge in [-0.1, -0.05) is 30.0 Å². The van der Waals surface area contributed by atoms with E-state index in [2.05, 4.69) is 49.9 Å². The van der Waals surface area contributed by atoms with Gasteiger partial charge in [-0.2, -0.15) is 0 Å². The first-order chi connectivity index (χ1) is 9.54. The number of nitrogens with zero attached hydrogens (tertiary/aromatic N) is 3. The summed E-state index contributed by atoms with van der Waals surface area (Å²) in [5.41, 5.74) is 1.19. The van der Waals surface area contributed by atoms with Crippen LogP contribution in [0.4, 0.5) is 0 Å². The molecule has 106 valence electrons. The van der Waals surface area contributed by atoms with Gasteiger partial charge in [0, 0.05) is 23.5 Å². The normalized spacial score (nSPS) is 21.1. The molecule has 0 aliphatic carbocycles. The van der Waals surface area contributed by atoms with E-state index in [-0.39, 0.29) is 5.54 Å². The zero-order valence-electron chi connectivity index (χ0n) is 12.4. The van der Waals surface area contributed by atoms with Crippen LogP contribution in [-0.2, 0) is 0 Å². The van der Waals surface area contributed by atoms with Crippen LogP contribution in [0.25, 0.3) is 0 Å². The Kier molecular flexibility index (Phi) is 3.59. The molecule has 0 saturated carbocycles. The molecule has 20 heavy (non-hydrogen) atoms. The number of aliphatic imine (C=N–C) groups is 2. The fraction of sp³-hybridized carbons (Fsp3) is 0.500. The van der Waals surface area contributed by atoms with E-state index in [1.54, 1.807) is 11.8 Å². The number of hydrogen-bond donors (Lipinski definition) is 0. The molecule has 0 N–H and O–H groups in total.